The average Bonchev–Trinajstić information content (AvgIpc) is 3.54. The molecule has 3 aliphatic rings. The minimum Gasteiger partial charge on any atom is -0.454 e. The number of carbonyl (C=O) groups is 1. The molecule has 0 aliphatic carbocycles. The van der Waals surface area contributed by atoms with Crippen molar-refractivity contribution in [3.8, 4) is 11.5 Å². The molecule has 1 fully saturated rings. The summed E-state index contributed by atoms with van der Waals surface area (Å²) in [6.45, 7) is 15.5. The van der Waals surface area contributed by atoms with Gasteiger partial charge in [-0.3, -0.25) is 14.6 Å². The molecule has 42 heavy (non-hydrogen) atoms. The van der Waals surface area contributed by atoms with Crippen LogP contribution in [0.2, 0.25) is 0 Å². The Bertz CT molecular complexity index is 1350. The van der Waals surface area contributed by atoms with Crippen LogP contribution in [0.25, 0.3) is 6.08 Å². The smallest absolute Gasteiger partial charge is 0.279 e. The summed E-state index contributed by atoms with van der Waals surface area (Å²) < 4.78 is 11.0. The van der Waals surface area contributed by atoms with Crippen LogP contribution in [0, 0.1) is 19.8 Å². The van der Waals surface area contributed by atoms with Crippen LogP contribution in [0.15, 0.2) is 58.7 Å². The lowest BCUT2D eigenvalue weighted by atomic mass is 10.0. The summed E-state index contributed by atoms with van der Waals surface area (Å²) in [5.41, 5.74) is 6.71. The molecule has 0 saturated carbocycles. The maximum absolute atomic E-state index is 13.7. The van der Waals surface area contributed by atoms with Crippen LogP contribution in [0.5, 0.6) is 11.5 Å². The van der Waals surface area contributed by atoms with Gasteiger partial charge in [-0.2, -0.15) is 0 Å². The van der Waals surface area contributed by atoms with Crippen molar-refractivity contribution in [2.75, 3.05) is 50.3 Å². The summed E-state index contributed by atoms with van der Waals surface area (Å²) >= 11 is 1.71. The Morgan fingerprint density at radius 2 is 1.76 bits per heavy atom. The van der Waals surface area contributed by atoms with Crippen molar-refractivity contribution in [3.63, 3.8) is 0 Å². The monoisotopic (exact) mass is 588 g/mol. The SMILES string of the molecule is CC(C)=CCCC(C)CCSC1=N/C(=C\c2ccc3c(c2)OCO3)C(=O)N1CN1CCN(c2c(C)cccc2C)CC1. The molecule has 0 aromatic heterocycles. The van der Waals surface area contributed by atoms with E-state index in [9.17, 15) is 4.79 Å². The van der Waals surface area contributed by atoms with Crippen LogP contribution in [0.3, 0.4) is 0 Å². The molecule has 3 aliphatic heterocycles. The van der Waals surface area contributed by atoms with E-state index in [0.29, 0.717) is 24.0 Å². The largest absolute Gasteiger partial charge is 0.454 e. The Hall–Kier alpha value is -3.23. The molecular formula is C34H44N4O3S. The third-order valence-electron chi connectivity index (χ3n) is 8.13. The van der Waals surface area contributed by atoms with Gasteiger partial charge in [0.2, 0.25) is 6.79 Å². The number of ether oxygens (including phenoxy) is 2. The first kappa shape index (κ1) is 30.2. The van der Waals surface area contributed by atoms with Crippen LogP contribution in [-0.4, -0.2) is 66.3 Å². The molecule has 0 radical (unpaired) electrons. The summed E-state index contributed by atoms with van der Waals surface area (Å²) in [4.78, 5) is 25.4. The molecule has 8 heteroatoms. The van der Waals surface area contributed by atoms with Crippen molar-refractivity contribution in [1.29, 1.82) is 0 Å². The van der Waals surface area contributed by atoms with E-state index in [1.54, 1.807) is 11.8 Å². The predicted octanol–water partition coefficient (Wildman–Crippen LogP) is 6.86. The first-order chi connectivity index (χ1) is 20.3. The number of carbonyl (C=O) groups excluding carboxylic acids is 1. The van der Waals surface area contributed by atoms with Crippen molar-refractivity contribution in [2.24, 2.45) is 10.9 Å². The minimum absolute atomic E-state index is 0.0380. The zero-order chi connectivity index (χ0) is 29.6. The van der Waals surface area contributed by atoms with Crippen molar-refractivity contribution < 1.29 is 14.3 Å². The number of amidine groups is 1. The molecule has 2 aromatic carbocycles. The Morgan fingerprint density at radius 1 is 1.02 bits per heavy atom. The van der Waals surface area contributed by atoms with Crippen molar-refractivity contribution >= 4 is 34.6 Å². The molecule has 0 N–H and O–H groups in total. The highest BCUT2D eigenvalue weighted by molar-refractivity contribution is 8.13. The van der Waals surface area contributed by atoms with E-state index < -0.39 is 0 Å². The standard InChI is InChI=1S/C34H44N4O3S/c1-24(2)8-6-9-25(3)14-19-42-34-35-29(20-28-12-13-30-31(21-28)41-23-40-30)33(39)38(34)22-36-15-17-37(18-16-36)32-26(4)10-7-11-27(32)5/h7-8,10-13,20-21,25H,6,9,14-19,22-23H2,1-5H3/b29-20-. The van der Waals surface area contributed by atoms with E-state index in [1.165, 1.54) is 28.8 Å². The van der Waals surface area contributed by atoms with Crippen molar-refractivity contribution in [2.45, 2.75) is 53.9 Å². The lowest BCUT2D eigenvalue weighted by Gasteiger charge is -2.38. The van der Waals surface area contributed by atoms with Gasteiger partial charge in [0.15, 0.2) is 16.7 Å². The van der Waals surface area contributed by atoms with Gasteiger partial charge < -0.3 is 14.4 Å². The highest BCUT2D eigenvalue weighted by atomic mass is 32.2. The third-order valence-corrected chi connectivity index (χ3v) is 9.14. The van der Waals surface area contributed by atoms with Gasteiger partial charge in [0.25, 0.3) is 5.91 Å². The number of hydrogen-bond acceptors (Lipinski definition) is 7. The number of para-hydroxylation sites is 1. The number of rotatable bonds is 10. The summed E-state index contributed by atoms with van der Waals surface area (Å²) in [6, 6.07) is 12.2. The number of amides is 1. The topological polar surface area (TPSA) is 57.6 Å². The number of anilines is 1. The van der Waals surface area contributed by atoms with E-state index in [0.717, 1.165) is 61.3 Å². The minimum atomic E-state index is -0.0380. The fourth-order valence-electron chi connectivity index (χ4n) is 5.70. The second-order valence-corrected chi connectivity index (χ2v) is 12.9. The fourth-order valence-corrected chi connectivity index (χ4v) is 6.86. The van der Waals surface area contributed by atoms with Gasteiger partial charge >= 0.3 is 0 Å². The molecule has 1 saturated heterocycles. The normalized spacial score (nSPS) is 18.5. The summed E-state index contributed by atoms with van der Waals surface area (Å²) in [7, 11) is 0. The lowest BCUT2D eigenvalue weighted by molar-refractivity contribution is -0.124. The van der Waals surface area contributed by atoms with Crippen molar-refractivity contribution in [3.05, 3.63) is 70.4 Å². The highest BCUT2D eigenvalue weighted by Crippen LogP contribution is 2.34. The molecule has 1 unspecified atom stereocenters. The molecule has 1 atom stereocenters. The highest BCUT2D eigenvalue weighted by Gasteiger charge is 2.33. The third kappa shape index (κ3) is 7.39. The van der Waals surface area contributed by atoms with Gasteiger partial charge in [0, 0.05) is 37.6 Å². The van der Waals surface area contributed by atoms with Crippen LogP contribution >= 0.6 is 11.8 Å². The van der Waals surface area contributed by atoms with E-state index in [2.05, 4.69) is 68.7 Å². The first-order valence-electron chi connectivity index (χ1n) is 15.1. The van der Waals surface area contributed by atoms with E-state index in [4.69, 9.17) is 14.5 Å². The quantitative estimate of drug-likeness (QED) is 0.223. The number of aryl methyl sites for hydroxylation is 2. The summed E-state index contributed by atoms with van der Waals surface area (Å²) in [5.74, 6) is 2.96. The number of benzene rings is 2. The Labute approximate surface area is 255 Å². The zero-order valence-electron chi connectivity index (χ0n) is 25.7. The molecule has 7 nitrogen and oxygen atoms in total. The van der Waals surface area contributed by atoms with Crippen LogP contribution in [-0.2, 0) is 4.79 Å². The number of nitrogens with zero attached hydrogens (tertiary/aromatic N) is 4. The molecule has 5 rings (SSSR count). The zero-order valence-corrected chi connectivity index (χ0v) is 26.5. The Kier molecular flexibility index (Phi) is 9.95. The molecular weight excluding hydrogens is 544 g/mol. The molecule has 3 heterocycles. The predicted molar refractivity (Wildman–Crippen MR) is 174 cm³/mol. The first-order valence-corrected chi connectivity index (χ1v) is 16.1. The maximum Gasteiger partial charge on any atom is 0.279 e. The van der Waals surface area contributed by atoms with E-state index in [1.807, 2.05) is 29.2 Å². The number of fused-ring (bicyclic) bond motifs is 1. The number of piperazine rings is 1. The fraction of sp³-hybridized carbons (Fsp3) is 0.471. The molecule has 1 amide bonds. The number of thioether (sulfide) groups is 1. The molecule has 0 spiro atoms. The average molecular weight is 589 g/mol. The number of hydrogen-bond donors (Lipinski definition) is 0. The summed E-state index contributed by atoms with van der Waals surface area (Å²) in [5, 5.41) is 0.806. The van der Waals surface area contributed by atoms with E-state index >= 15 is 0 Å². The van der Waals surface area contributed by atoms with Crippen LogP contribution in [0.4, 0.5) is 5.69 Å². The van der Waals surface area contributed by atoms with Gasteiger partial charge in [0.1, 0.15) is 5.70 Å². The maximum atomic E-state index is 13.7. The van der Waals surface area contributed by atoms with Gasteiger partial charge in [-0.1, -0.05) is 54.6 Å². The Balaban J connectivity index is 1.26. The number of aliphatic imine (C=N–C) groups is 1. The van der Waals surface area contributed by atoms with Crippen LogP contribution in [0.1, 0.15) is 56.7 Å². The van der Waals surface area contributed by atoms with Crippen LogP contribution < -0.4 is 14.4 Å². The van der Waals surface area contributed by atoms with Gasteiger partial charge in [-0.05, 0) is 87.8 Å². The second kappa shape index (κ2) is 13.8. The second-order valence-electron chi connectivity index (χ2n) is 11.9. The summed E-state index contributed by atoms with van der Waals surface area (Å²) in [6.07, 6.45) is 7.58. The van der Waals surface area contributed by atoms with Gasteiger partial charge in [-0.25, -0.2) is 4.99 Å². The molecule has 224 valence electrons. The Morgan fingerprint density at radius 3 is 2.50 bits per heavy atom. The van der Waals surface area contributed by atoms with Gasteiger partial charge in [-0.15, -0.1) is 0 Å². The van der Waals surface area contributed by atoms with Gasteiger partial charge in [0.05, 0.1) is 6.67 Å². The van der Waals surface area contributed by atoms with Crippen molar-refractivity contribution in [1.82, 2.24) is 9.80 Å². The molecule has 0 bridgehead atoms. The lowest BCUT2D eigenvalue weighted by Crippen LogP contribution is -2.51. The number of allylic oxidation sites excluding steroid dienone is 2. The van der Waals surface area contributed by atoms with E-state index in [-0.39, 0.29) is 12.7 Å². The molecule has 2 aromatic rings.